The predicted octanol–water partition coefficient (Wildman–Crippen LogP) is 0.167. The molecule has 1 rings (SSSR count). The molecule has 56 valence electrons. The van der Waals surface area contributed by atoms with E-state index >= 15 is 0 Å². The number of aromatic amines is 1. The molecule has 0 spiro atoms. The van der Waals surface area contributed by atoms with Gasteiger partial charge in [0.2, 0.25) is 0 Å². The van der Waals surface area contributed by atoms with E-state index in [1.54, 1.807) is 6.07 Å². The summed E-state index contributed by atoms with van der Waals surface area (Å²) in [7, 11) is 0. The molecule has 0 aliphatic heterocycles. The van der Waals surface area contributed by atoms with Crippen LogP contribution in [-0.2, 0) is 0 Å². The summed E-state index contributed by atoms with van der Waals surface area (Å²) >= 11 is 0. The third kappa shape index (κ3) is 1.01. The van der Waals surface area contributed by atoms with Crippen LogP contribution in [0.25, 0.3) is 0 Å². The molecule has 1 heterocycles. The summed E-state index contributed by atoms with van der Waals surface area (Å²) in [6, 6.07) is 1.75. The van der Waals surface area contributed by atoms with E-state index in [1.165, 1.54) is 6.20 Å². The van der Waals surface area contributed by atoms with Gasteiger partial charge in [-0.25, -0.2) is 4.79 Å². The molecule has 0 bridgehead atoms. The highest BCUT2D eigenvalue weighted by molar-refractivity contribution is 5.93. The first kappa shape index (κ1) is 7.15. The number of nitrogens with zero attached hydrogens (tertiary/aromatic N) is 1. The minimum Gasteiger partial charge on any atom is -0.477 e. The SMILES string of the molecule is N#Cc1c[nH]c(C(=O)O)c1N. The molecular weight excluding hydrogens is 146 g/mol. The van der Waals surface area contributed by atoms with Crippen molar-refractivity contribution in [3.05, 3.63) is 17.5 Å². The van der Waals surface area contributed by atoms with Crippen LogP contribution in [0.1, 0.15) is 16.1 Å². The number of nitrogens with one attached hydrogen (secondary N) is 1. The number of hydrogen-bond acceptors (Lipinski definition) is 3. The van der Waals surface area contributed by atoms with Gasteiger partial charge in [0.15, 0.2) is 0 Å². The van der Waals surface area contributed by atoms with Crippen LogP contribution in [0.4, 0.5) is 5.69 Å². The Kier molecular flexibility index (Phi) is 1.52. The fourth-order valence-corrected chi connectivity index (χ4v) is 0.704. The molecule has 0 atom stereocenters. The van der Waals surface area contributed by atoms with E-state index in [9.17, 15) is 4.79 Å². The molecule has 4 N–H and O–H groups in total. The molecule has 0 saturated carbocycles. The summed E-state index contributed by atoms with van der Waals surface area (Å²) in [6.45, 7) is 0. The molecular formula is C6H5N3O2. The molecule has 0 amide bonds. The summed E-state index contributed by atoms with van der Waals surface area (Å²) < 4.78 is 0. The largest absolute Gasteiger partial charge is 0.477 e. The van der Waals surface area contributed by atoms with Crippen molar-refractivity contribution in [3.63, 3.8) is 0 Å². The molecule has 0 saturated heterocycles. The first-order valence-corrected chi connectivity index (χ1v) is 2.77. The number of nitriles is 1. The van der Waals surface area contributed by atoms with Gasteiger partial charge in [0.1, 0.15) is 11.8 Å². The van der Waals surface area contributed by atoms with Crippen LogP contribution in [0.2, 0.25) is 0 Å². The van der Waals surface area contributed by atoms with E-state index in [2.05, 4.69) is 4.98 Å². The Balaban J connectivity index is 3.24. The van der Waals surface area contributed by atoms with Crippen molar-refractivity contribution in [2.24, 2.45) is 0 Å². The van der Waals surface area contributed by atoms with Crippen LogP contribution < -0.4 is 5.73 Å². The van der Waals surface area contributed by atoms with Crippen LogP contribution >= 0.6 is 0 Å². The number of carbonyl (C=O) groups is 1. The first-order valence-electron chi connectivity index (χ1n) is 2.77. The normalized spacial score (nSPS) is 9.00. The molecule has 0 aliphatic carbocycles. The minimum atomic E-state index is -1.16. The maximum atomic E-state index is 10.3. The Morgan fingerprint density at radius 2 is 2.45 bits per heavy atom. The Labute approximate surface area is 62.1 Å². The minimum absolute atomic E-state index is 0.0139. The Morgan fingerprint density at radius 3 is 2.73 bits per heavy atom. The predicted molar refractivity (Wildman–Crippen MR) is 36.9 cm³/mol. The third-order valence-corrected chi connectivity index (χ3v) is 1.25. The highest BCUT2D eigenvalue weighted by Gasteiger charge is 2.12. The second kappa shape index (κ2) is 2.34. The number of rotatable bonds is 1. The first-order chi connectivity index (χ1) is 5.16. The van der Waals surface area contributed by atoms with Crippen LogP contribution in [0.5, 0.6) is 0 Å². The van der Waals surface area contributed by atoms with Gasteiger partial charge in [0, 0.05) is 6.20 Å². The van der Waals surface area contributed by atoms with Crippen molar-refractivity contribution in [1.82, 2.24) is 4.98 Å². The van der Waals surface area contributed by atoms with Crippen LogP contribution in [-0.4, -0.2) is 16.1 Å². The molecule has 0 aliphatic rings. The number of carboxylic acid groups (broad SMARTS) is 1. The van der Waals surface area contributed by atoms with Gasteiger partial charge in [0.25, 0.3) is 0 Å². The summed E-state index contributed by atoms with van der Waals surface area (Å²) in [5.74, 6) is -1.16. The average molecular weight is 151 g/mol. The van der Waals surface area contributed by atoms with Crippen LogP contribution in [0.3, 0.4) is 0 Å². The number of aromatic nitrogens is 1. The van der Waals surface area contributed by atoms with E-state index in [0.29, 0.717) is 0 Å². The Morgan fingerprint density at radius 1 is 1.82 bits per heavy atom. The van der Waals surface area contributed by atoms with Gasteiger partial charge in [0.05, 0.1) is 11.3 Å². The van der Waals surface area contributed by atoms with Gasteiger partial charge in [-0.3, -0.25) is 0 Å². The van der Waals surface area contributed by atoms with Crippen molar-refractivity contribution in [3.8, 4) is 6.07 Å². The maximum Gasteiger partial charge on any atom is 0.354 e. The van der Waals surface area contributed by atoms with Crippen molar-refractivity contribution < 1.29 is 9.90 Å². The van der Waals surface area contributed by atoms with Crippen LogP contribution in [0.15, 0.2) is 6.20 Å². The summed E-state index contributed by atoms with van der Waals surface area (Å²) in [5.41, 5.74) is 5.28. The number of carboxylic acids is 1. The molecule has 0 aromatic carbocycles. The number of hydrogen-bond donors (Lipinski definition) is 3. The Bertz CT molecular complexity index is 334. The van der Waals surface area contributed by atoms with E-state index in [-0.39, 0.29) is 16.9 Å². The summed E-state index contributed by atoms with van der Waals surface area (Å²) in [4.78, 5) is 12.7. The maximum absolute atomic E-state index is 10.3. The second-order valence-corrected chi connectivity index (χ2v) is 1.91. The quantitative estimate of drug-likeness (QED) is 0.532. The van der Waals surface area contributed by atoms with E-state index < -0.39 is 5.97 Å². The smallest absolute Gasteiger partial charge is 0.354 e. The summed E-state index contributed by atoms with van der Waals surface area (Å²) in [6.07, 6.45) is 1.26. The van der Waals surface area contributed by atoms with Crippen molar-refractivity contribution in [1.29, 1.82) is 5.26 Å². The highest BCUT2D eigenvalue weighted by Crippen LogP contribution is 2.14. The average Bonchev–Trinajstić information content (AvgIpc) is 2.30. The molecule has 11 heavy (non-hydrogen) atoms. The zero-order valence-corrected chi connectivity index (χ0v) is 5.46. The molecule has 5 heteroatoms. The van der Waals surface area contributed by atoms with Gasteiger partial charge in [-0.2, -0.15) is 5.26 Å². The molecule has 0 fully saturated rings. The van der Waals surface area contributed by atoms with Crippen molar-refractivity contribution in [2.45, 2.75) is 0 Å². The van der Waals surface area contributed by atoms with E-state index in [4.69, 9.17) is 16.1 Å². The lowest BCUT2D eigenvalue weighted by molar-refractivity contribution is 0.0692. The molecule has 1 aromatic rings. The zero-order valence-electron chi connectivity index (χ0n) is 5.46. The second-order valence-electron chi connectivity index (χ2n) is 1.91. The van der Waals surface area contributed by atoms with Gasteiger partial charge in [-0.05, 0) is 0 Å². The monoisotopic (exact) mass is 151 g/mol. The van der Waals surface area contributed by atoms with Crippen molar-refractivity contribution in [2.75, 3.05) is 5.73 Å². The lowest BCUT2D eigenvalue weighted by Gasteiger charge is -1.89. The fraction of sp³-hybridized carbons (Fsp3) is 0. The molecule has 1 aromatic heterocycles. The molecule has 0 radical (unpaired) electrons. The molecule has 0 unspecified atom stereocenters. The van der Waals surface area contributed by atoms with E-state index in [1.807, 2.05) is 0 Å². The standard InChI is InChI=1S/C6H5N3O2/c7-1-3-2-9-5(4(3)8)6(10)11/h2,9H,8H2,(H,10,11). The third-order valence-electron chi connectivity index (χ3n) is 1.25. The van der Waals surface area contributed by atoms with E-state index in [0.717, 1.165) is 0 Å². The van der Waals surface area contributed by atoms with Gasteiger partial charge in [-0.15, -0.1) is 0 Å². The number of anilines is 1. The number of nitrogen functional groups attached to an aromatic ring is 1. The number of nitrogens with two attached hydrogens (primary N) is 1. The van der Waals surface area contributed by atoms with Gasteiger partial charge in [-0.1, -0.05) is 0 Å². The lowest BCUT2D eigenvalue weighted by Crippen LogP contribution is -2.01. The van der Waals surface area contributed by atoms with Gasteiger partial charge < -0.3 is 15.8 Å². The topological polar surface area (TPSA) is 103 Å². The van der Waals surface area contributed by atoms with Crippen molar-refractivity contribution >= 4 is 11.7 Å². The molecule has 5 nitrogen and oxygen atoms in total. The Hall–Kier alpha value is -1.96. The fourth-order valence-electron chi connectivity index (χ4n) is 0.704. The van der Waals surface area contributed by atoms with Crippen LogP contribution in [0, 0.1) is 11.3 Å². The zero-order chi connectivity index (χ0) is 8.43. The lowest BCUT2D eigenvalue weighted by atomic mass is 10.3. The summed E-state index contributed by atoms with van der Waals surface area (Å²) in [5, 5.41) is 16.8. The number of H-pyrrole nitrogens is 1. The van der Waals surface area contributed by atoms with Gasteiger partial charge >= 0.3 is 5.97 Å². The highest BCUT2D eigenvalue weighted by atomic mass is 16.4. The number of aromatic carboxylic acids is 1.